The standard InChI is InChI=1S/C24H24N4O2Si/c1-18-22(14-26-28(18)16-21-7-5-6-20(12-21)13-25)23(29)17-27-15-19(8-9-24(27)30)10-11-31(2,3)4/h5-9,12,14-15H,16-17H2,1-4H3. The van der Waals surface area contributed by atoms with Crippen LogP contribution in [0.5, 0.6) is 0 Å². The van der Waals surface area contributed by atoms with Crippen LogP contribution in [-0.4, -0.2) is 28.2 Å². The molecule has 0 saturated carbocycles. The summed E-state index contributed by atoms with van der Waals surface area (Å²) in [6, 6.07) is 12.5. The monoisotopic (exact) mass is 428 g/mol. The number of Topliss-reactive ketones (excluding diaryl/α,β-unsaturated/α-hetero) is 1. The van der Waals surface area contributed by atoms with Crippen molar-refractivity contribution in [1.82, 2.24) is 14.3 Å². The summed E-state index contributed by atoms with van der Waals surface area (Å²) >= 11 is 0. The van der Waals surface area contributed by atoms with E-state index in [2.05, 4.69) is 42.3 Å². The van der Waals surface area contributed by atoms with E-state index in [1.54, 1.807) is 29.1 Å². The average Bonchev–Trinajstić information content (AvgIpc) is 3.08. The molecule has 0 aliphatic carbocycles. The summed E-state index contributed by atoms with van der Waals surface area (Å²) in [5, 5.41) is 13.4. The van der Waals surface area contributed by atoms with E-state index < -0.39 is 8.07 Å². The van der Waals surface area contributed by atoms with Crippen molar-refractivity contribution in [3.8, 4) is 17.5 Å². The molecule has 0 radical (unpaired) electrons. The Bertz CT molecular complexity index is 1290. The van der Waals surface area contributed by atoms with Gasteiger partial charge in [0.05, 0.1) is 36.5 Å². The van der Waals surface area contributed by atoms with Gasteiger partial charge in [0.1, 0.15) is 8.07 Å². The lowest BCUT2D eigenvalue weighted by molar-refractivity contribution is 0.0970. The predicted molar refractivity (Wildman–Crippen MR) is 122 cm³/mol. The van der Waals surface area contributed by atoms with Crippen molar-refractivity contribution in [3.05, 3.63) is 87.1 Å². The summed E-state index contributed by atoms with van der Waals surface area (Å²) in [4.78, 5) is 25.2. The molecule has 0 aliphatic rings. The number of carbonyl (C=O) groups excluding carboxylic acids is 1. The SMILES string of the molecule is Cc1c(C(=O)Cn2cc(C#C[Si](C)(C)C)ccc2=O)cnn1Cc1cccc(C#N)c1. The molecular weight excluding hydrogens is 404 g/mol. The number of aromatic nitrogens is 3. The number of rotatable bonds is 5. The van der Waals surface area contributed by atoms with Gasteiger partial charge in [0, 0.05) is 23.5 Å². The highest BCUT2D eigenvalue weighted by molar-refractivity contribution is 6.83. The van der Waals surface area contributed by atoms with Crippen LogP contribution in [0.3, 0.4) is 0 Å². The van der Waals surface area contributed by atoms with Crippen molar-refractivity contribution in [3.63, 3.8) is 0 Å². The number of benzene rings is 1. The summed E-state index contributed by atoms with van der Waals surface area (Å²) in [6.45, 7) is 8.66. The zero-order valence-corrected chi connectivity index (χ0v) is 19.1. The first-order chi connectivity index (χ1) is 14.7. The maximum Gasteiger partial charge on any atom is 0.251 e. The zero-order valence-electron chi connectivity index (χ0n) is 18.1. The van der Waals surface area contributed by atoms with Gasteiger partial charge in [-0.1, -0.05) is 37.7 Å². The number of carbonyl (C=O) groups is 1. The second-order valence-corrected chi connectivity index (χ2v) is 13.2. The van der Waals surface area contributed by atoms with Gasteiger partial charge < -0.3 is 4.57 Å². The van der Waals surface area contributed by atoms with E-state index in [9.17, 15) is 9.59 Å². The van der Waals surface area contributed by atoms with Gasteiger partial charge in [-0.2, -0.15) is 10.4 Å². The van der Waals surface area contributed by atoms with E-state index in [0.29, 0.717) is 17.7 Å². The van der Waals surface area contributed by atoms with Crippen LogP contribution in [0.4, 0.5) is 0 Å². The fraction of sp³-hybridized carbons (Fsp3) is 0.250. The van der Waals surface area contributed by atoms with Gasteiger partial charge in [-0.25, -0.2) is 0 Å². The largest absolute Gasteiger partial charge is 0.306 e. The van der Waals surface area contributed by atoms with E-state index in [4.69, 9.17) is 5.26 Å². The topological polar surface area (TPSA) is 80.7 Å². The molecule has 3 rings (SSSR count). The highest BCUT2D eigenvalue weighted by Crippen LogP contribution is 2.13. The Morgan fingerprint density at radius 3 is 2.65 bits per heavy atom. The van der Waals surface area contributed by atoms with Crippen LogP contribution < -0.4 is 5.56 Å². The maximum absolute atomic E-state index is 12.9. The quantitative estimate of drug-likeness (QED) is 0.354. The smallest absolute Gasteiger partial charge is 0.251 e. The van der Waals surface area contributed by atoms with Crippen molar-refractivity contribution in [2.75, 3.05) is 0 Å². The third kappa shape index (κ3) is 5.69. The van der Waals surface area contributed by atoms with E-state index in [-0.39, 0.29) is 17.9 Å². The predicted octanol–water partition coefficient (Wildman–Crippen LogP) is 3.39. The molecule has 2 aromatic heterocycles. The summed E-state index contributed by atoms with van der Waals surface area (Å²) in [7, 11) is -1.54. The summed E-state index contributed by atoms with van der Waals surface area (Å²) in [5.74, 6) is 2.93. The Morgan fingerprint density at radius 2 is 1.94 bits per heavy atom. The minimum atomic E-state index is -1.54. The van der Waals surface area contributed by atoms with Gasteiger partial charge >= 0.3 is 0 Å². The minimum Gasteiger partial charge on any atom is -0.306 e. The molecule has 0 amide bonds. The average molecular weight is 429 g/mol. The van der Waals surface area contributed by atoms with E-state index in [0.717, 1.165) is 16.8 Å². The van der Waals surface area contributed by atoms with Gasteiger partial charge in [0.2, 0.25) is 0 Å². The maximum atomic E-state index is 12.9. The van der Waals surface area contributed by atoms with Gasteiger partial charge in [0.15, 0.2) is 5.78 Å². The van der Waals surface area contributed by atoms with E-state index >= 15 is 0 Å². The molecule has 0 N–H and O–H groups in total. The van der Waals surface area contributed by atoms with Crippen molar-refractivity contribution in [2.45, 2.75) is 39.7 Å². The first-order valence-electron chi connectivity index (χ1n) is 9.94. The molecule has 0 atom stereocenters. The summed E-state index contributed by atoms with van der Waals surface area (Å²) in [5.41, 5.74) is 6.44. The van der Waals surface area contributed by atoms with Gasteiger partial charge in [-0.05, 0) is 30.7 Å². The third-order valence-electron chi connectivity index (χ3n) is 4.67. The molecule has 7 heteroatoms. The number of hydrogen-bond donors (Lipinski definition) is 0. The molecule has 0 aliphatic heterocycles. The fourth-order valence-corrected chi connectivity index (χ4v) is 3.54. The van der Waals surface area contributed by atoms with Crippen molar-refractivity contribution >= 4 is 13.9 Å². The number of nitriles is 1. The Kier molecular flexibility index (Phi) is 6.38. The lowest BCUT2D eigenvalue weighted by atomic mass is 10.1. The number of pyridine rings is 1. The molecule has 156 valence electrons. The Labute approximate surface area is 182 Å². The molecule has 0 bridgehead atoms. The van der Waals surface area contributed by atoms with Crippen molar-refractivity contribution < 1.29 is 4.79 Å². The minimum absolute atomic E-state index is 0.0717. The Morgan fingerprint density at radius 1 is 1.16 bits per heavy atom. The highest BCUT2D eigenvalue weighted by Gasteiger charge is 2.16. The third-order valence-corrected chi connectivity index (χ3v) is 5.55. The molecule has 0 saturated heterocycles. The first kappa shape index (κ1) is 22.0. The number of hydrogen-bond acceptors (Lipinski definition) is 4. The molecule has 2 heterocycles. The first-order valence-corrected chi connectivity index (χ1v) is 13.4. The van der Waals surface area contributed by atoms with Gasteiger partial charge in [-0.15, -0.1) is 5.54 Å². The van der Waals surface area contributed by atoms with Gasteiger partial charge in [0.25, 0.3) is 5.56 Å². The van der Waals surface area contributed by atoms with Crippen LogP contribution in [0.15, 0.2) is 53.6 Å². The highest BCUT2D eigenvalue weighted by atomic mass is 28.3. The zero-order chi connectivity index (χ0) is 22.6. The van der Waals surface area contributed by atoms with E-state index in [1.165, 1.54) is 16.8 Å². The second-order valence-electron chi connectivity index (χ2n) is 8.42. The molecule has 6 nitrogen and oxygen atoms in total. The summed E-state index contributed by atoms with van der Waals surface area (Å²) in [6.07, 6.45) is 3.17. The second kappa shape index (κ2) is 8.99. The fourth-order valence-electron chi connectivity index (χ4n) is 3.02. The van der Waals surface area contributed by atoms with E-state index in [1.807, 2.05) is 19.1 Å². The Balaban J connectivity index is 1.81. The summed E-state index contributed by atoms with van der Waals surface area (Å²) < 4.78 is 3.12. The lowest BCUT2D eigenvalue weighted by Crippen LogP contribution is -2.23. The lowest BCUT2D eigenvalue weighted by Gasteiger charge is -2.08. The van der Waals surface area contributed by atoms with Gasteiger partial charge in [-0.3, -0.25) is 14.3 Å². The molecule has 31 heavy (non-hydrogen) atoms. The molecule has 3 aromatic rings. The molecule has 0 unspecified atom stereocenters. The van der Waals surface area contributed by atoms with Crippen LogP contribution in [0.1, 0.15) is 32.7 Å². The normalized spacial score (nSPS) is 10.8. The molecule has 0 fully saturated rings. The number of ketones is 1. The number of nitrogens with zero attached hydrogens (tertiary/aromatic N) is 4. The molecule has 0 spiro atoms. The van der Waals surface area contributed by atoms with Crippen LogP contribution in [0, 0.1) is 29.7 Å². The van der Waals surface area contributed by atoms with Crippen LogP contribution >= 0.6 is 0 Å². The van der Waals surface area contributed by atoms with Crippen molar-refractivity contribution in [2.24, 2.45) is 0 Å². The van der Waals surface area contributed by atoms with Crippen LogP contribution in [0.25, 0.3) is 0 Å². The van der Waals surface area contributed by atoms with Crippen LogP contribution in [-0.2, 0) is 13.1 Å². The Hall–Kier alpha value is -3.68. The van der Waals surface area contributed by atoms with Crippen molar-refractivity contribution in [1.29, 1.82) is 5.26 Å². The molecule has 1 aromatic carbocycles. The van der Waals surface area contributed by atoms with Crippen LogP contribution in [0.2, 0.25) is 19.6 Å². The molecular formula is C24H24N4O2Si.